The molecule has 1 unspecified atom stereocenters. The van der Waals surface area contributed by atoms with Crippen molar-refractivity contribution in [3.8, 4) is 0 Å². The van der Waals surface area contributed by atoms with Crippen molar-refractivity contribution in [2.45, 2.75) is 38.8 Å². The Morgan fingerprint density at radius 3 is 2.95 bits per heavy atom. The highest BCUT2D eigenvalue weighted by Gasteiger charge is 2.24. The second-order valence-electron chi connectivity index (χ2n) is 5.50. The van der Waals surface area contributed by atoms with Gasteiger partial charge in [0.25, 0.3) is 0 Å². The first-order chi connectivity index (χ1) is 10.3. The van der Waals surface area contributed by atoms with E-state index < -0.39 is 0 Å². The molecule has 1 aliphatic rings. The maximum Gasteiger partial charge on any atom is 0.307 e. The second kappa shape index (κ2) is 8.80. The molecule has 4 nitrogen and oxygen atoms in total. The molecule has 1 N–H and O–H groups in total. The lowest BCUT2D eigenvalue weighted by Gasteiger charge is -2.24. The van der Waals surface area contributed by atoms with Crippen molar-refractivity contribution in [3.63, 3.8) is 0 Å². The maximum absolute atomic E-state index is 11.4. The van der Waals surface area contributed by atoms with Crippen molar-refractivity contribution in [2.75, 3.05) is 26.2 Å². The van der Waals surface area contributed by atoms with Gasteiger partial charge in [-0.2, -0.15) is 0 Å². The number of nitrogens with one attached hydrogen (secondary N) is 1. The fraction of sp³-hybridized carbons (Fsp3) is 0.588. The fourth-order valence-corrected chi connectivity index (χ4v) is 2.87. The molecule has 4 heteroatoms. The molecule has 1 heterocycles. The van der Waals surface area contributed by atoms with Crippen LogP contribution < -0.4 is 5.32 Å². The van der Waals surface area contributed by atoms with Crippen LogP contribution in [0.4, 0.5) is 0 Å². The van der Waals surface area contributed by atoms with Crippen molar-refractivity contribution in [1.82, 2.24) is 10.2 Å². The van der Waals surface area contributed by atoms with E-state index in [0.29, 0.717) is 19.1 Å². The molecular formula is C17H26N2O2. The van der Waals surface area contributed by atoms with E-state index in [1.165, 1.54) is 18.4 Å². The van der Waals surface area contributed by atoms with Crippen LogP contribution in [0.2, 0.25) is 0 Å². The topological polar surface area (TPSA) is 41.6 Å². The number of rotatable bonds is 8. The van der Waals surface area contributed by atoms with Crippen LogP contribution in [0.1, 0.15) is 31.7 Å². The van der Waals surface area contributed by atoms with E-state index in [0.717, 1.165) is 26.2 Å². The highest BCUT2D eigenvalue weighted by molar-refractivity contribution is 5.69. The molecule has 0 spiro atoms. The zero-order chi connectivity index (χ0) is 14.9. The van der Waals surface area contributed by atoms with Gasteiger partial charge < -0.3 is 10.1 Å². The van der Waals surface area contributed by atoms with Crippen LogP contribution in [0.3, 0.4) is 0 Å². The predicted molar refractivity (Wildman–Crippen MR) is 84.0 cm³/mol. The van der Waals surface area contributed by atoms with E-state index in [1.54, 1.807) is 0 Å². The number of hydrogen-bond donors (Lipinski definition) is 1. The van der Waals surface area contributed by atoms with Crippen LogP contribution in [-0.2, 0) is 16.1 Å². The quantitative estimate of drug-likeness (QED) is 0.745. The van der Waals surface area contributed by atoms with E-state index >= 15 is 0 Å². The first kappa shape index (κ1) is 16.0. The number of esters is 1. The number of benzene rings is 1. The third-order valence-corrected chi connectivity index (χ3v) is 3.96. The number of nitrogens with zero attached hydrogens (tertiary/aromatic N) is 1. The minimum atomic E-state index is -0.0830. The standard InChI is InChI=1S/C17H26N2O2/c1-2-21-17(20)10-12-19-11-6-9-16(19)14-18-13-15-7-4-3-5-8-15/h3-5,7-8,16,18H,2,6,9-14H2,1H3. The summed E-state index contributed by atoms with van der Waals surface area (Å²) in [4.78, 5) is 13.9. The molecule has 1 aliphatic heterocycles. The van der Waals surface area contributed by atoms with Crippen molar-refractivity contribution >= 4 is 5.97 Å². The van der Waals surface area contributed by atoms with Crippen molar-refractivity contribution in [3.05, 3.63) is 35.9 Å². The summed E-state index contributed by atoms with van der Waals surface area (Å²) in [7, 11) is 0. The summed E-state index contributed by atoms with van der Waals surface area (Å²) in [6, 6.07) is 11.0. The summed E-state index contributed by atoms with van der Waals surface area (Å²) < 4.78 is 4.99. The highest BCUT2D eigenvalue weighted by Crippen LogP contribution is 2.17. The SMILES string of the molecule is CCOC(=O)CCN1CCCC1CNCc1ccccc1. The molecule has 116 valence electrons. The molecule has 0 aliphatic carbocycles. The molecule has 1 aromatic carbocycles. The average molecular weight is 290 g/mol. The van der Waals surface area contributed by atoms with Gasteiger partial charge in [-0.25, -0.2) is 0 Å². The Kier molecular flexibility index (Phi) is 6.70. The van der Waals surface area contributed by atoms with Crippen LogP contribution in [0, 0.1) is 0 Å². The number of likely N-dealkylation sites (tertiary alicyclic amines) is 1. The first-order valence-electron chi connectivity index (χ1n) is 7.94. The zero-order valence-electron chi connectivity index (χ0n) is 12.9. The third-order valence-electron chi connectivity index (χ3n) is 3.96. The Hall–Kier alpha value is -1.39. The Bertz CT molecular complexity index is 422. The second-order valence-corrected chi connectivity index (χ2v) is 5.50. The van der Waals surface area contributed by atoms with Crippen LogP contribution >= 0.6 is 0 Å². The molecule has 1 atom stereocenters. The largest absolute Gasteiger partial charge is 0.466 e. The highest BCUT2D eigenvalue weighted by atomic mass is 16.5. The average Bonchev–Trinajstić information content (AvgIpc) is 2.94. The van der Waals surface area contributed by atoms with E-state index in [9.17, 15) is 4.79 Å². The van der Waals surface area contributed by atoms with Crippen LogP contribution in [0.5, 0.6) is 0 Å². The van der Waals surface area contributed by atoms with Gasteiger partial charge in [0, 0.05) is 25.7 Å². The Labute approximate surface area is 127 Å². The Morgan fingerprint density at radius 1 is 1.38 bits per heavy atom. The molecule has 0 saturated carbocycles. The lowest BCUT2D eigenvalue weighted by Crippen LogP contribution is -2.38. The van der Waals surface area contributed by atoms with Crippen molar-refractivity contribution < 1.29 is 9.53 Å². The molecule has 1 fully saturated rings. The smallest absolute Gasteiger partial charge is 0.307 e. The van der Waals surface area contributed by atoms with Gasteiger partial charge in [-0.05, 0) is 31.9 Å². The third kappa shape index (κ3) is 5.48. The minimum Gasteiger partial charge on any atom is -0.466 e. The molecule has 0 radical (unpaired) electrons. The molecule has 0 bridgehead atoms. The van der Waals surface area contributed by atoms with E-state index in [1.807, 2.05) is 13.0 Å². The summed E-state index contributed by atoms with van der Waals surface area (Å²) in [5, 5.41) is 3.53. The lowest BCUT2D eigenvalue weighted by atomic mass is 10.2. The van der Waals surface area contributed by atoms with E-state index in [-0.39, 0.29) is 5.97 Å². The van der Waals surface area contributed by atoms with E-state index in [2.05, 4.69) is 34.5 Å². The molecule has 1 aromatic rings. The van der Waals surface area contributed by atoms with Gasteiger partial charge >= 0.3 is 5.97 Å². The Morgan fingerprint density at radius 2 is 2.19 bits per heavy atom. The van der Waals surface area contributed by atoms with Crippen molar-refractivity contribution in [1.29, 1.82) is 0 Å². The predicted octanol–water partition coefficient (Wildman–Crippen LogP) is 2.19. The number of carbonyl (C=O) groups is 1. The van der Waals surface area contributed by atoms with Gasteiger partial charge in [0.15, 0.2) is 0 Å². The summed E-state index contributed by atoms with van der Waals surface area (Å²) >= 11 is 0. The molecule has 2 rings (SSSR count). The van der Waals surface area contributed by atoms with Gasteiger partial charge in [0.05, 0.1) is 13.0 Å². The molecular weight excluding hydrogens is 264 g/mol. The van der Waals surface area contributed by atoms with Crippen LogP contribution in [0.25, 0.3) is 0 Å². The monoisotopic (exact) mass is 290 g/mol. The Balaban J connectivity index is 1.68. The number of hydrogen-bond acceptors (Lipinski definition) is 4. The minimum absolute atomic E-state index is 0.0830. The zero-order valence-corrected chi connectivity index (χ0v) is 12.9. The first-order valence-corrected chi connectivity index (χ1v) is 7.94. The van der Waals surface area contributed by atoms with Gasteiger partial charge in [0.2, 0.25) is 0 Å². The normalized spacial score (nSPS) is 18.8. The number of carbonyl (C=O) groups excluding carboxylic acids is 1. The van der Waals surface area contributed by atoms with E-state index in [4.69, 9.17) is 4.74 Å². The summed E-state index contributed by atoms with van der Waals surface area (Å²) in [5.74, 6) is -0.0830. The number of ether oxygens (including phenoxy) is 1. The van der Waals surface area contributed by atoms with Gasteiger partial charge in [-0.3, -0.25) is 9.69 Å². The molecule has 0 amide bonds. The maximum atomic E-state index is 11.4. The lowest BCUT2D eigenvalue weighted by molar-refractivity contribution is -0.143. The van der Waals surface area contributed by atoms with Gasteiger partial charge in [-0.1, -0.05) is 30.3 Å². The van der Waals surface area contributed by atoms with Crippen LogP contribution in [-0.4, -0.2) is 43.2 Å². The molecule has 1 saturated heterocycles. The van der Waals surface area contributed by atoms with Crippen LogP contribution in [0.15, 0.2) is 30.3 Å². The molecule has 0 aromatic heterocycles. The summed E-state index contributed by atoms with van der Waals surface area (Å²) in [6.07, 6.45) is 2.94. The summed E-state index contributed by atoms with van der Waals surface area (Å²) in [5.41, 5.74) is 1.31. The van der Waals surface area contributed by atoms with Gasteiger partial charge in [-0.15, -0.1) is 0 Å². The fourth-order valence-electron chi connectivity index (χ4n) is 2.87. The summed E-state index contributed by atoms with van der Waals surface area (Å²) in [6.45, 7) is 6.12. The van der Waals surface area contributed by atoms with Gasteiger partial charge in [0.1, 0.15) is 0 Å². The van der Waals surface area contributed by atoms with Crippen molar-refractivity contribution in [2.24, 2.45) is 0 Å². The molecule has 21 heavy (non-hydrogen) atoms.